The van der Waals surface area contributed by atoms with E-state index in [9.17, 15) is 13.2 Å². The molecule has 19 heavy (non-hydrogen) atoms. The molecule has 0 aliphatic rings. The van der Waals surface area contributed by atoms with Gasteiger partial charge in [-0.3, -0.25) is 0 Å². The van der Waals surface area contributed by atoms with Crippen molar-refractivity contribution >= 4 is 0 Å². The van der Waals surface area contributed by atoms with E-state index in [1.54, 1.807) is 6.92 Å². The van der Waals surface area contributed by atoms with Crippen LogP contribution in [0.25, 0.3) is 0 Å². The second-order valence-electron chi connectivity index (χ2n) is 4.43. The van der Waals surface area contributed by atoms with E-state index in [0.717, 1.165) is 18.6 Å². The minimum atomic E-state index is -4.31. The highest BCUT2D eigenvalue weighted by atomic mass is 19.4. The molecule has 1 rings (SSSR count). The lowest BCUT2D eigenvalue weighted by Crippen LogP contribution is -2.14. The number of hydrogen-bond acceptors (Lipinski definition) is 2. The molecular weight excluding hydrogens is 257 g/mol. The van der Waals surface area contributed by atoms with Gasteiger partial charge in [-0.1, -0.05) is 32.4 Å². The molecule has 0 spiro atoms. The molecular formula is C14H19F3O2. The lowest BCUT2D eigenvalue weighted by molar-refractivity contribution is -0.333. The van der Waals surface area contributed by atoms with E-state index in [1.165, 1.54) is 12.1 Å². The Morgan fingerprint density at radius 1 is 1.11 bits per heavy atom. The normalized spacial score (nSPS) is 15.3. The minimum absolute atomic E-state index is 0.156. The van der Waals surface area contributed by atoms with Crippen LogP contribution in [-0.2, 0) is 16.0 Å². The van der Waals surface area contributed by atoms with Crippen LogP contribution in [0, 0.1) is 5.92 Å². The summed E-state index contributed by atoms with van der Waals surface area (Å²) in [5, 5.41) is 0. The van der Waals surface area contributed by atoms with Gasteiger partial charge in [-0.15, -0.1) is 0 Å². The first-order chi connectivity index (χ1) is 8.90. The standard InChI is InChI=1S/C14H19F3O2/c1-4-10(3)13(19-18-5-2)11-6-8-12(9-7-11)14(15,16)17/h6-10,13H,4-5H2,1-3H3. The summed E-state index contributed by atoms with van der Waals surface area (Å²) in [5.41, 5.74) is 0.0337. The number of halogens is 3. The van der Waals surface area contributed by atoms with Gasteiger partial charge >= 0.3 is 6.18 Å². The molecule has 0 radical (unpaired) electrons. The number of alkyl halides is 3. The SMILES string of the molecule is CCOOC(c1ccc(C(F)(F)F)cc1)C(C)CC. The van der Waals surface area contributed by atoms with E-state index >= 15 is 0 Å². The van der Waals surface area contributed by atoms with Crippen molar-refractivity contribution in [2.45, 2.75) is 39.5 Å². The Bertz CT molecular complexity index is 373. The van der Waals surface area contributed by atoms with Gasteiger partial charge in [0, 0.05) is 0 Å². The summed E-state index contributed by atoms with van der Waals surface area (Å²) in [6, 6.07) is 5.03. The fourth-order valence-corrected chi connectivity index (χ4v) is 1.70. The second-order valence-corrected chi connectivity index (χ2v) is 4.43. The van der Waals surface area contributed by atoms with Gasteiger partial charge in [0.15, 0.2) is 0 Å². The molecule has 1 aromatic carbocycles. The predicted molar refractivity (Wildman–Crippen MR) is 66.4 cm³/mol. The van der Waals surface area contributed by atoms with Crippen molar-refractivity contribution in [3.05, 3.63) is 35.4 Å². The van der Waals surface area contributed by atoms with Crippen molar-refractivity contribution in [3.63, 3.8) is 0 Å². The minimum Gasteiger partial charge on any atom is -0.236 e. The Morgan fingerprint density at radius 3 is 2.11 bits per heavy atom. The average molecular weight is 276 g/mol. The van der Waals surface area contributed by atoms with Crippen LogP contribution in [0.5, 0.6) is 0 Å². The summed E-state index contributed by atoms with van der Waals surface area (Å²) in [4.78, 5) is 10.2. The third kappa shape index (κ3) is 4.51. The van der Waals surface area contributed by atoms with E-state index in [1.807, 2.05) is 13.8 Å². The quantitative estimate of drug-likeness (QED) is 0.551. The summed E-state index contributed by atoms with van der Waals surface area (Å²) < 4.78 is 37.5. The van der Waals surface area contributed by atoms with E-state index in [2.05, 4.69) is 0 Å². The van der Waals surface area contributed by atoms with Crippen molar-refractivity contribution in [1.82, 2.24) is 0 Å². The molecule has 0 fully saturated rings. The third-order valence-corrected chi connectivity index (χ3v) is 3.02. The van der Waals surface area contributed by atoms with Crippen LogP contribution in [-0.4, -0.2) is 6.61 Å². The largest absolute Gasteiger partial charge is 0.416 e. The predicted octanol–water partition coefficient (Wildman–Crippen LogP) is 4.76. The Labute approximate surface area is 111 Å². The van der Waals surface area contributed by atoms with Gasteiger partial charge in [-0.05, 0) is 30.5 Å². The molecule has 5 heteroatoms. The third-order valence-electron chi connectivity index (χ3n) is 3.02. The van der Waals surface area contributed by atoms with E-state index in [0.29, 0.717) is 12.2 Å². The Hall–Kier alpha value is -1.07. The van der Waals surface area contributed by atoms with Gasteiger partial charge in [0.1, 0.15) is 6.10 Å². The molecule has 2 unspecified atom stereocenters. The first kappa shape index (κ1) is 16.0. The van der Waals surface area contributed by atoms with Crippen molar-refractivity contribution in [2.75, 3.05) is 6.61 Å². The summed E-state index contributed by atoms with van der Waals surface area (Å²) in [7, 11) is 0. The van der Waals surface area contributed by atoms with E-state index in [4.69, 9.17) is 9.78 Å². The first-order valence-corrected chi connectivity index (χ1v) is 6.35. The van der Waals surface area contributed by atoms with Crippen LogP contribution in [0.3, 0.4) is 0 Å². The Kier molecular flexibility index (Phi) is 5.82. The number of hydrogen-bond donors (Lipinski definition) is 0. The fourth-order valence-electron chi connectivity index (χ4n) is 1.70. The zero-order valence-electron chi connectivity index (χ0n) is 11.3. The van der Waals surface area contributed by atoms with Crippen LogP contribution in [0.15, 0.2) is 24.3 Å². The van der Waals surface area contributed by atoms with Crippen molar-refractivity contribution in [1.29, 1.82) is 0 Å². The molecule has 0 aliphatic heterocycles. The van der Waals surface area contributed by atoms with Crippen molar-refractivity contribution < 1.29 is 22.9 Å². The molecule has 0 saturated carbocycles. The van der Waals surface area contributed by atoms with Crippen molar-refractivity contribution in [2.24, 2.45) is 5.92 Å². The number of benzene rings is 1. The maximum Gasteiger partial charge on any atom is 0.416 e. The summed E-state index contributed by atoms with van der Waals surface area (Å²) >= 11 is 0. The fraction of sp³-hybridized carbons (Fsp3) is 0.571. The van der Waals surface area contributed by atoms with Crippen LogP contribution >= 0.6 is 0 Å². The molecule has 108 valence electrons. The summed E-state index contributed by atoms with van der Waals surface area (Å²) in [5.74, 6) is 0.156. The maximum absolute atomic E-state index is 12.5. The highest BCUT2D eigenvalue weighted by Crippen LogP contribution is 2.33. The van der Waals surface area contributed by atoms with Crippen LogP contribution in [0.1, 0.15) is 44.4 Å². The summed E-state index contributed by atoms with van der Waals surface area (Å²) in [6.07, 6.45) is -3.82. The molecule has 0 aromatic heterocycles. The van der Waals surface area contributed by atoms with Crippen LogP contribution in [0.2, 0.25) is 0 Å². The highest BCUT2D eigenvalue weighted by molar-refractivity contribution is 5.26. The lowest BCUT2D eigenvalue weighted by Gasteiger charge is -2.22. The molecule has 2 nitrogen and oxygen atoms in total. The van der Waals surface area contributed by atoms with E-state index < -0.39 is 11.7 Å². The van der Waals surface area contributed by atoms with Crippen molar-refractivity contribution in [3.8, 4) is 0 Å². The lowest BCUT2D eigenvalue weighted by atomic mass is 9.94. The Balaban J connectivity index is 2.90. The summed E-state index contributed by atoms with van der Waals surface area (Å²) in [6.45, 7) is 6.16. The smallest absolute Gasteiger partial charge is 0.236 e. The average Bonchev–Trinajstić information content (AvgIpc) is 2.38. The van der Waals surface area contributed by atoms with Crippen LogP contribution < -0.4 is 0 Å². The maximum atomic E-state index is 12.5. The zero-order valence-corrected chi connectivity index (χ0v) is 11.3. The van der Waals surface area contributed by atoms with Gasteiger partial charge < -0.3 is 0 Å². The van der Waals surface area contributed by atoms with Gasteiger partial charge in [0.2, 0.25) is 0 Å². The molecule has 0 bridgehead atoms. The zero-order chi connectivity index (χ0) is 14.5. The molecule has 0 saturated heterocycles. The topological polar surface area (TPSA) is 18.5 Å². The van der Waals surface area contributed by atoms with Gasteiger partial charge in [0.05, 0.1) is 12.2 Å². The number of rotatable bonds is 6. The van der Waals surface area contributed by atoms with Gasteiger partial charge in [0.25, 0.3) is 0 Å². The molecule has 1 aromatic rings. The molecule has 0 heterocycles. The first-order valence-electron chi connectivity index (χ1n) is 6.35. The molecule has 2 atom stereocenters. The van der Waals surface area contributed by atoms with Crippen LogP contribution in [0.4, 0.5) is 13.2 Å². The monoisotopic (exact) mass is 276 g/mol. The molecule has 0 N–H and O–H groups in total. The molecule has 0 aliphatic carbocycles. The second kappa shape index (κ2) is 6.91. The highest BCUT2D eigenvalue weighted by Gasteiger charge is 2.30. The Morgan fingerprint density at radius 2 is 1.68 bits per heavy atom. The van der Waals surface area contributed by atoms with E-state index in [-0.39, 0.29) is 12.0 Å². The molecule has 0 amide bonds. The van der Waals surface area contributed by atoms with Gasteiger partial charge in [-0.2, -0.15) is 13.2 Å². The van der Waals surface area contributed by atoms with Gasteiger partial charge in [-0.25, -0.2) is 9.78 Å².